The molecule has 3 aromatic rings. The minimum absolute atomic E-state index is 0.0854. The van der Waals surface area contributed by atoms with Gasteiger partial charge in [0.05, 0.1) is 16.3 Å². The third-order valence-electron chi connectivity index (χ3n) is 4.33. The predicted molar refractivity (Wildman–Crippen MR) is 110 cm³/mol. The molecule has 0 spiro atoms. The Labute approximate surface area is 169 Å². The Kier molecular flexibility index (Phi) is 5.31. The lowest BCUT2D eigenvalue weighted by atomic mass is 10.2. The first kappa shape index (κ1) is 20.4. The quantitative estimate of drug-likeness (QED) is 0.649. The Morgan fingerprint density at radius 2 is 1.54 bits per heavy atom. The summed E-state index contributed by atoms with van der Waals surface area (Å²) in [5.74, 6) is 0. The monoisotopic (exact) mass is 438 g/mol. The van der Waals surface area contributed by atoms with Crippen molar-refractivity contribution in [1.29, 1.82) is 0 Å². The molecule has 0 bridgehead atoms. The number of aromatic nitrogens is 1. The summed E-state index contributed by atoms with van der Waals surface area (Å²) in [5, 5.41) is 0.493. The van der Waals surface area contributed by atoms with Crippen molar-refractivity contribution in [2.45, 2.75) is 30.6 Å². The Bertz CT molecular complexity index is 1250. The van der Waals surface area contributed by atoms with Crippen molar-refractivity contribution in [3.8, 4) is 0 Å². The van der Waals surface area contributed by atoms with Gasteiger partial charge >= 0.3 is 0 Å². The molecule has 0 unspecified atom stereocenters. The van der Waals surface area contributed by atoms with Crippen LogP contribution in [0.3, 0.4) is 0 Å². The summed E-state index contributed by atoms with van der Waals surface area (Å²) in [7, 11) is -7.92. The summed E-state index contributed by atoms with van der Waals surface area (Å²) in [6, 6.07) is 14.0. The van der Waals surface area contributed by atoms with Gasteiger partial charge in [-0.1, -0.05) is 29.8 Å². The average Bonchev–Trinajstić information content (AvgIpc) is 2.94. The van der Waals surface area contributed by atoms with Crippen molar-refractivity contribution in [1.82, 2.24) is 3.97 Å². The van der Waals surface area contributed by atoms with E-state index in [1.807, 2.05) is 0 Å². The highest BCUT2D eigenvalue weighted by Crippen LogP contribution is 2.28. The minimum Gasteiger partial charge on any atom is -0.279 e. The molecule has 0 saturated heterocycles. The second-order valence-electron chi connectivity index (χ2n) is 6.38. The van der Waals surface area contributed by atoms with Crippen LogP contribution in [0.4, 0.5) is 5.69 Å². The van der Waals surface area contributed by atoms with Crippen LogP contribution in [-0.2, 0) is 20.0 Å². The first-order chi connectivity index (χ1) is 13.0. The lowest BCUT2D eigenvalue weighted by Gasteiger charge is -2.13. The van der Waals surface area contributed by atoms with Gasteiger partial charge in [0.1, 0.15) is 4.90 Å². The fourth-order valence-corrected chi connectivity index (χ4v) is 6.32. The normalized spacial score (nSPS) is 12.1. The van der Waals surface area contributed by atoms with Crippen LogP contribution in [0.5, 0.6) is 0 Å². The van der Waals surface area contributed by atoms with E-state index in [4.69, 9.17) is 11.6 Å². The van der Waals surface area contributed by atoms with Crippen LogP contribution >= 0.6 is 11.6 Å². The zero-order valence-electron chi connectivity index (χ0n) is 15.5. The summed E-state index contributed by atoms with van der Waals surface area (Å²) < 4.78 is 55.4. The number of anilines is 1. The summed E-state index contributed by atoms with van der Waals surface area (Å²) in [4.78, 5) is -0.0129. The van der Waals surface area contributed by atoms with Crippen molar-refractivity contribution >= 4 is 37.3 Å². The molecule has 3 rings (SSSR count). The molecule has 0 aliphatic rings. The third kappa shape index (κ3) is 3.67. The van der Waals surface area contributed by atoms with Gasteiger partial charge in [0, 0.05) is 10.7 Å². The summed E-state index contributed by atoms with van der Waals surface area (Å²) >= 11 is 5.92. The molecule has 2 aromatic carbocycles. The second-order valence-corrected chi connectivity index (χ2v) is 10.3. The molecule has 1 aromatic heterocycles. The first-order valence-electron chi connectivity index (χ1n) is 8.32. The molecule has 0 radical (unpaired) electrons. The maximum absolute atomic E-state index is 13.0. The van der Waals surface area contributed by atoms with Crippen molar-refractivity contribution in [3.05, 3.63) is 76.6 Å². The fourth-order valence-electron chi connectivity index (χ4n) is 3.00. The van der Waals surface area contributed by atoms with Gasteiger partial charge in [-0.25, -0.2) is 20.8 Å². The molecule has 0 fully saturated rings. The molecule has 6 nitrogen and oxygen atoms in total. The molecule has 148 valence electrons. The van der Waals surface area contributed by atoms with Crippen LogP contribution < -0.4 is 4.72 Å². The van der Waals surface area contributed by atoms with Gasteiger partial charge < -0.3 is 0 Å². The Morgan fingerprint density at radius 1 is 0.893 bits per heavy atom. The van der Waals surface area contributed by atoms with Crippen molar-refractivity contribution < 1.29 is 16.8 Å². The van der Waals surface area contributed by atoms with Crippen molar-refractivity contribution in [2.24, 2.45) is 0 Å². The highest BCUT2D eigenvalue weighted by molar-refractivity contribution is 7.93. The number of sulfonamides is 1. The zero-order valence-corrected chi connectivity index (χ0v) is 17.9. The number of rotatable bonds is 5. The second kappa shape index (κ2) is 7.27. The average molecular weight is 439 g/mol. The van der Waals surface area contributed by atoms with Gasteiger partial charge in [-0.05, 0) is 62.7 Å². The highest BCUT2D eigenvalue weighted by Gasteiger charge is 2.28. The zero-order chi connectivity index (χ0) is 20.7. The molecule has 0 aliphatic carbocycles. The van der Waals surface area contributed by atoms with Crippen LogP contribution in [0, 0.1) is 20.8 Å². The SMILES string of the molecule is Cc1cc(Cl)ccc1NS(=O)(=O)c1cc(C)n(S(=O)(=O)c2ccccc2)c1C. The van der Waals surface area contributed by atoms with Gasteiger partial charge in [-0.15, -0.1) is 0 Å². The standard InChI is InChI=1S/C19H19ClN2O4S2/c1-13-11-16(20)9-10-18(13)21-27(23,24)19-12-14(2)22(15(19)3)28(25,26)17-7-5-4-6-8-17/h4-12,21H,1-3H3. The van der Waals surface area contributed by atoms with Crippen LogP contribution in [0.15, 0.2) is 64.4 Å². The Hall–Kier alpha value is -2.29. The van der Waals surface area contributed by atoms with Crippen LogP contribution in [0.1, 0.15) is 17.0 Å². The number of nitrogens with zero attached hydrogens (tertiary/aromatic N) is 1. The van der Waals surface area contributed by atoms with E-state index < -0.39 is 20.0 Å². The van der Waals surface area contributed by atoms with E-state index in [-0.39, 0.29) is 15.5 Å². The number of halogens is 1. The van der Waals surface area contributed by atoms with Crippen LogP contribution in [0.2, 0.25) is 5.02 Å². The minimum atomic E-state index is -4.00. The molecule has 1 heterocycles. The Balaban J connectivity index is 2.08. The molecule has 28 heavy (non-hydrogen) atoms. The molecule has 0 atom stereocenters. The summed E-state index contributed by atoms with van der Waals surface area (Å²) in [6.45, 7) is 4.75. The van der Waals surface area contributed by atoms with Crippen molar-refractivity contribution in [2.75, 3.05) is 4.72 Å². The molecular formula is C19H19ClN2O4S2. The van der Waals surface area contributed by atoms with E-state index in [0.717, 1.165) is 3.97 Å². The summed E-state index contributed by atoms with van der Waals surface area (Å²) in [5.41, 5.74) is 1.44. The van der Waals surface area contributed by atoms with E-state index in [0.29, 0.717) is 22.0 Å². The van der Waals surface area contributed by atoms with Gasteiger partial charge in [-0.3, -0.25) is 4.72 Å². The largest absolute Gasteiger partial charge is 0.279 e. The third-order valence-corrected chi connectivity index (χ3v) is 7.95. The van der Waals surface area contributed by atoms with Crippen molar-refractivity contribution in [3.63, 3.8) is 0 Å². The number of hydrogen-bond acceptors (Lipinski definition) is 4. The maximum atomic E-state index is 13.0. The number of nitrogens with one attached hydrogen (secondary N) is 1. The van der Waals surface area contributed by atoms with Crippen LogP contribution in [0.25, 0.3) is 0 Å². The van der Waals surface area contributed by atoms with E-state index in [1.54, 1.807) is 50.2 Å². The molecule has 0 aliphatic heterocycles. The van der Waals surface area contributed by atoms with Crippen LogP contribution in [-0.4, -0.2) is 20.8 Å². The summed E-state index contributed by atoms with van der Waals surface area (Å²) in [6.07, 6.45) is 0. The maximum Gasteiger partial charge on any atom is 0.268 e. The smallest absolute Gasteiger partial charge is 0.268 e. The van der Waals surface area contributed by atoms with E-state index in [1.165, 1.54) is 25.1 Å². The van der Waals surface area contributed by atoms with E-state index in [2.05, 4.69) is 4.72 Å². The fraction of sp³-hybridized carbons (Fsp3) is 0.158. The lowest BCUT2D eigenvalue weighted by molar-refractivity contribution is 0.584. The van der Waals surface area contributed by atoms with E-state index >= 15 is 0 Å². The number of benzene rings is 2. The molecule has 0 amide bonds. The molecule has 0 saturated carbocycles. The lowest BCUT2D eigenvalue weighted by Crippen LogP contribution is -2.18. The molecular weight excluding hydrogens is 420 g/mol. The highest BCUT2D eigenvalue weighted by atomic mass is 35.5. The number of hydrogen-bond donors (Lipinski definition) is 1. The van der Waals surface area contributed by atoms with Gasteiger partial charge in [0.2, 0.25) is 0 Å². The topological polar surface area (TPSA) is 85.2 Å². The number of aryl methyl sites for hydroxylation is 2. The molecule has 1 N–H and O–H groups in total. The predicted octanol–water partition coefficient (Wildman–Crippen LogP) is 4.10. The van der Waals surface area contributed by atoms with Gasteiger partial charge in [0.25, 0.3) is 20.0 Å². The first-order valence-corrected chi connectivity index (χ1v) is 11.6. The van der Waals surface area contributed by atoms with Gasteiger partial charge in [0.15, 0.2) is 0 Å². The van der Waals surface area contributed by atoms with Gasteiger partial charge in [-0.2, -0.15) is 0 Å². The Morgan fingerprint density at radius 3 is 2.14 bits per heavy atom. The molecule has 9 heteroatoms. The van der Waals surface area contributed by atoms with E-state index in [9.17, 15) is 16.8 Å².